The highest BCUT2D eigenvalue weighted by atomic mass is 35.5. The minimum absolute atomic E-state index is 0.0821. The first kappa shape index (κ1) is 17.0. The van der Waals surface area contributed by atoms with Crippen molar-refractivity contribution in [3.05, 3.63) is 59.4 Å². The van der Waals surface area contributed by atoms with Crippen LogP contribution in [0.25, 0.3) is 16.8 Å². The molecule has 128 valence electrons. The zero-order valence-electron chi connectivity index (χ0n) is 13.7. The molecule has 3 rings (SSSR count). The van der Waals surface area contributed by atoms with Gasteiger partial charge in [0.05, 0.1) is 17.4 Å². The van der Waals surface area contributed by atoms with Gasteiger partial charge < -0.3 is 9.84 Å². The molecule has 0 aliphatic heterocycles. The molecule has 0 fully saturated rings. The first-order chi connectivity index (χ1) is 11.9. The molecule has 2 aromatic carbocycles. The van der Waals surface area contributed by atoms with E-state index in [4.69, 9.17) is 16.3 Å². The summed E-state index contributed by atoms with van der Waals surface area (Å²) in [5.74, 6) is -1.02. The molecule has 1 heterocycles. The molecular formula is C18H16ClN3O3. The van der Waals surface area contributed by atoms with E-state index in [1.54, 1.807) is 18.2 Å². The highest BCUT2D eigenvalue weighted by Crippen LogP contribution is 2.27. The van der Waals surface area contributed by atoms with E-state index in [1.165, 1.54) is 17.1 Å². The van der Waals surface area contributed by atoms with Gasteiger partial charge in [-0.25, -0.2) is 4.79 Å². The molecule has 0 bridgehead atoms. The highest BCUT2D eigenvalue weighted by molar-refractivity contribution is 6.30. The van der Waals surface area contributed by atoms with Crippen LogP contribution in [0.1, 0.15) is 24.2 Å². The molecule has 0 unspecified atom stereocenters. The number of carbonyl (C=O) groups is 1. The number of halogens is 1. The lowest BCUT2D eigenvalue weighted by atomic mass is 10.0. The van der Waals surface area contributed by atoms with Gasteiger partial charge in [-0.2, -0.15) is 14.8 Å². The van der Waals surface area contributed by atoms with Crippen LogP contribution in [0.2, 0.25) is 5.02 Å². The van der Waals surface area contributed by atoms with E-state index in [-0.39, 0.29) is 11.7 Å². The van der Waals surface area contributed by atoms with E-state index in [0.717, 1.165) is 11.1 Å². The van der Waals surface area contributed by atoms with Gasteiger partial charge in [0, 0.05) is 5.02 Å². The summed E-state index contributed by atoms with van der Waals surface area (Å²) in [6.07, 6.45) is 1.29. The Morgan fingerprint density at radius 1 is 1.16 bits per heavy atom. The summed E-state index contributed by atoms with van der Waals surface area (Å²) >= 11 is 5.93. The molecule has 0 saturated heterocycles. The predicted molar refractivity (Wildman–Crippen MR) is 94.5 cm³/mol. The Kier molecular flexibility index (Phi) is 4.72. The van der Waals surface area contributed by atoms with Gasteiger partial charge in [0.2, 0.25) is 0 Å². The normalized spacial score (nSPS) is 10.9. The van der Waals surface area contributed by atoms with Gasteiger partial charge in [-0.05, 0) is 55.3 Å². The maximum absolute atomic E-state index is 11.5. The summed E-state index contributed by atoms with van der Waals surface area (Å²) in [5, 5.41) is 14.2. The van der Waals surface area contributed by atoms with E-state index in [1.807, 2.05) is 32.0 Å². The Bertz CT molecular complexity index is 904. The standard InChI is InChI=1S/C18H16ClN3O3/c1-11(2)25-18-20-10-21-22(18)16-8-13(7-14(9-16)17(23)24)12-3-5-15(19)6-4-12/h3-11H,1-2H3,(H,23,24). The molecule has 0 aliphatic carbocycles. The Hall–Kier alpha value is -2.86. The zero-order valence-corrected chi connectivity index (χ0v) is 14.4. The summed E-state index contributed by atoms with van der Waals surface area (Å²) in [5.41, 5.74) is 2.28. The van der Waals surface area contributed by atoms with Gasteiger partial charge in [0.1, 0.15) is 6.33 Å². The van der Waals surface area contributed by atoms with E-state index >= 15 is 0 Å². The summed E-state index contributed by atoms with van der Waals surface area (Å²) in [7, 11) is 0. The maximum Gasteiger partial charge on any atom is 0.335 e. The van der Waals surface area contributed by atoms with Crippen LogP contribution in [-0.4, -0.2) is 31.9 Å². The lowest BCUT2D eigenvalue weighted by molar-refractivity contribution is 0.0697. The molecule has 1 N–H and O–H groups in total. The van der Waals surface area contributed by atoms with Crippen molar-refractivity contribution in [2.24, 2.45) is 0 Å². The maximum atomic E-state index is 11.5. The number of benzene rings is 2. The summed E-state index contributed by atoms with van der Waals surface area (Å²) < 4.78 is 7.10. The van der Waals surface area contributed by atoms with Crippen molar-refractivity contribution in [1.82, 2.24) is 14.8 Å². The molecule has 0 radical (unpaired) electrons. The first-order valence-corrected chi connectivity index (χ1v) is 8.03. The summed E-state index contributed by atoms with van der Waals surface area (Å²) in [6, 6.07) is 12.5. The van der Waals surface area contributed by atoms with Crippen LogP contribution in [0.5, 0.6) is 6.01 Å². The minimum atomic E-state index is -1.02. The molecule has 0 spiro atoms. The third-order valence-corrected chi connectivity index (χ3v) is 3.70. The number of hydrogen-bond acceptors (Lipinski definition) is 4. The quantitative estimate of drug-likeness (QED) is 0.744. The summed E-state index contributed by atoms with van der Waals surface area (Å²) in [4.78, 5) is 15.6. The van der Waals surface area contributed by atoms with Gasteiger partial charge in [0.15, 0.2) is 0 Å². The highest BCUT2D eigenvalue weighted by Gasteiger charge is 2.14. The van der Waals surface area contributed by atoms with E-state index in [9.17, 15) is 9.90 Å². The van der Waals surface area contributed by atoms with Gasteiger partial charge in [0.25, 0.3) is 0 Å². The second-order valence-corrected chi connectivity index (χ2v) is 6.14. The SMILES string of the molecule is CC(C)Oc1ncnn1-c1cc(C(=O)O)cc(-c2ccc(Cl)cc2)c1. The van der Waals surface area contributed by atoms with Crippen molar-refractivity contribution in [3.63, 3.8) is 0 Å². The number of carboxylic acid groups (broad SMARTS) is 1. The second-order valence-electron chi connectivity index (χ2n) is 5.70. The third kappa shape index (κ3) is 3.80. The average molecular weight is 358 g/mol. The molecule has 7 heteroatoms. The van der Waals surface area contributed by atoms with Gasteiger partial charge in [-0.3, -0.25) is 0 Å². The lowest BCUT2D eigenvalue weighted by Crippen LogP contribution is -2.11. The Balaban J connectivity index is 2.12. The summed E-state index contributed by atoms with van der Waals surface area (Å²) in [6.45, 7) is 3.76. The fourth-order valence-corrected chi connectivity index (χ4v) is 2.49. The van der Waals surface area contributed by atoms with E-state index < -0.39 is 5.97 Å². The monoisotopic (exact) mass is 357 g/mol. The number of aromatic nitrogens is 3. The number of ether oxygens (including phenoxy) is 1. The molecular weight excluding hydrogens is 342 g/mol. The van der Waals surface area contributed by atoms with Crippen molar-refractivity contribution in [3.8, 4) is 22.8 Å². The second kappa shape index (κ2) is 6.94. The smallest absolute Gasteiger partial charge is 0.335 e. The van der Waals surface area contributed by atoms with Crippen LogP contribution < -0.4 is 4.74 Å². The molecule has 0 saturated carbocycles. The fraction of sp³-hybridized carbons (Fsp3) is 0.167. The molecule has 3 aromatic rings. The van der Waals surface area contributed by atoms with Crippen molar-refractivity contribution in [2.45, 2.75) is 20.0 Å². The lowest BCUT2D eigenvalue weighted by Gasteiger charge is -2.12. The largest absolute Gasteiger partial charge is 0.478 e. The number of carboxylic acids is 1. The average Bonchev–Trinajstić information content (AvgIpc) is 3.02. The number of aromatic carboxylic acids is 1. The Morgan fingerprint density at radius 2 is 1.88 bits per heavy atom. The van der Waals surface area contributed by atoms with Gasteiger partial charge in [-0.15, -0.1) is 0 Å². The van der Waals surface area contributed by atoms with Crippen LogP contribution in [-0.2, 0) is 0 Å². The van der Waals surface area contributed by atoms with Crippen LogP contribution in [0.15, 0.2) is 48.8 Å². The zero-order chi connectivity index (χ0) is 18.0. The Morgan fingerprint density at radius 3 is 2.52 bits per heavy atom. The van der Waals surface area contributed by atoms with Crippen molar-refractivity contribution < 1.29 is 14.6 Å². The van der Waals surface area contributed by atoms with Crippen LogP contribution in [0, 0.1) is 0 Å². The predicted octanol–water partition coefficient (Wildman–Crippen LogP) is 4.07. The third-order valence-electron chi connectivity index (χ3n) is 3.44. The van der Waals surface area contributed by atoms with Crippen LogP contribution in [0.4, 0.5) is 0 Å². The molecule has 0 aliphatic rings. The van der Waals surface area contributed by atoms with Crippen molar-refractivity contribution in [1.29, 1.82) is 0 Å². The number of nitrogens with zero attached hydrogens (tertiary/aromatic N) is 3. The molecule has 6 nitrogen and oxygen atoms in total. The number of rotatable bonds is 5. The van der Waals surface area contributed by atoms with Crippen LogP contribution >= 0.6 is 11.6 Å². The number of hydrogen-bond donors (Lipinski definition) is 1. The fourth-order valence-electron chi connectivity index (χ4n) is 2.37. The van der Waals surface area contributed by atoms with Crippen molar-refractivity contribution in [2.75, 3.05) is 0 Å². The topological polar surface area (TPSA) is 77.2 Å². The minimum Gasteiger partial charge on any atom is -0.478 e. The van der Waals surface area contributed by atoms with E-state index in [2.05, 4.69) is 10.1 Å². The molecule has 25 heavy (non-hydrogen) atoms. The first-order valence-electron chi connectivity index (χ1n) is 7.65. The molecule has 1 aromatic heterocycles. The van der Waals surface area contributed by atoms with E-state index in [0.29, 0.717) is 16.7 Å². The van der Waals surface area contributed by atoms with Crippen LogP contribution in [0.3, 0.4) is 0 Å². The molecule has 0 atom stereocenters. The molecule has 0 amide bonds. The van der Waals surface area contributed by atoms with Crippen molar-refractivity contribution >= 4 is 17.6 Å². The Labute approximate surface area is 149 Å². The van der Waals surface area contributed by atoms with Gasteiger partial charge >= 0.3 is 12.0 Å². The van der Waals surface area contributed by atoms with Gasteiger partial charge in [-0.1, -0.05) is 23.7 Å².